The molecule has 1 saturated heterocycles. The number of piperazine rings is 1. The van der Waals surface area contributed by atoms with Crippen LogP contribution in [-0.2, 0) is 0 Å². The molecule has 1 aromatic carbocycles. The largest absolute Gasteiger partial charge is 0.307 e. The summed E-state index contributed by atoms with van der Waals surface area (Å²) in [6, 6.07) is 12.0. The molecule has 0 radical (unpaired) electrons. The quantitative estimate of drug-likeness (QED) is 0.865. The van der Waals surface area contributed by atoms with Gasteiger partial charge in [-0.2, -0.15) is 11.8 Å². The summed E-state index contributed by atoms with van der Waals surface area (Å²) in [5.41, 5.74) is 1.42. The molecule has 0 bridgehead atoms. The second kappa shape index (κ2) is 8.06. The first-order valence-electron chi connectivity index (χ1n) is 7.77. The summed E-state index contributed by atoms with van der Waals surface area (Å²) in [6.45, 7) is 8.16. The van der Waals surface area contributed by atoms with Crippen LogP contribution in [0, 0.1) is 5.92 Å². The van der Waals surface area contributed by atoms with Crippen molar-refractivity contribution in [3.63, 3.8) is 0 Å². The lowest BCUT2D eigenvalue weighted by molar-refractivity contribution is 0.0983. The van der Waals surface area contributed by atoms with Crippen molar-refractivity contribution in [2.75, 3.05) is 31.6 Å². The standard InChI is InChI=1S/C17H28N2S/c1-4-14(2)17-12-18-16(13-19(17)10-11-20-3)15-8-6-5-7-9-15/h5-9,14,16-18H,4,10-13H2,1-3H3. The molecule has 0 amide bonds. The van der Waals surface area contributed by atoms with Crippen molar-refractivity contribution in [2.45, 2.75) is 32.4 Å². The van der Waals surface area contributed by atoms with Gasteiger partial charge in [-0.25, -0.2) is 0 Å². The molecule has 2 rings (SSSR count). The van der Waals surface area contributed by atoms with Crippen LogP contribution in [0.1, 0.15) is 31.9 Å². The topological polar surface area (TPSA) is 15.3 Å². The molecule has 1 fully saturated rings. The fraction of sp³-hybridized carbons (Fsp3) is 0.647. The van der Waals surface area contributed by atoms with Crippen LogP contribution in [-0.4, -0.2) is 42.6 Å². The third-order valence-electron chi connectivity index (χ3n) is 4.54. The smallest absolute Gasteiger partial charge is 0.0449 e. The molecule has 3 atom stereocenters. The predicted molar refractivity (Wildman–Crippen MR) is 90.4 cm³/mol. The van der Waals surface area contributed by atoms with Crippen molar-refractivity contribution >= 4 is 11.8 Å². The number of nitrogens with zero attached hydrogens (tertiary/aromatic N) is 1. The first-order chi connectivity index (χ1) is 9.76. The molecular weight excluding hydrogens is 264 g/mol. The lowest BCUT2D eigenvalue weighted by Gasteiger charge is -2.43. The maximum absolute atomic E-state index is 3.76. The third kappa shape index (κ3) is 4.00. The molecule has 1 heterocycles. The molecule has 0 aliphatic carbocycles. The Bertz CT molecular complexity index is 382. The van der Waals surface area contributed by atoms with Gasteiger partial charge < -0.3 is 5.32 Å². The van der Waals surface area contributed by atoms with Gasteiger partial charge in [0.25, 0.3) is 0 Å². The van der Waals surface area contributed by atoms with Crippen molar-refractivity contribution in [1.82, 2.24) is 10.2 Å². The molecular formula is C17H28N2S. The Morgan fingerprint density at radius 2 is 2.10 bits per heavy atom. The lowest BCUT2D eigenvalue weighted by Crippen LogP contribution is -2.55. The molecule has 0 aromatic heterocycles. The van der Waals surface area contributed by atoms with Gasteiger partial charge in [-0.3, -0.25) is 4.90 Å². The summed E-state index contributed by atoms with van der Waals surface area (Å²) in [6.07, 6.45) is 3.47. The molecule has 3 heteroatoms. The number of nitrogens with one attached hydrogen (secondary N) is 1. The van der Waals surface area contributed by atoms with E-state index in [4.69, 9.17) is 0 Å². The van der Waals surface area contributed by atoms with E-state index in [1.807, 2.05) is 11.8 Å². The van der Waals surface area contributed by atoms with Gasteiger partial charge in [-0.1, -0.05) is 50.6 Å². The minimum Gasteiger partial charge on any atom is -0.307 e. The van der Waals surface area contributed by atoms with Crippen LogP contribution in [0.25, 0.3) is 0 Å². The summed E-state index contributed by atoms with van der Waals surface area (Å²) < 4.78 is 0. The highest BCUT2D eigenvalue weighted by Gasteiger charge is 2.30. The highest BCUT2D eigenvalue weighted by molar-refractivity contribution is 7.98. The van der Waals surface area contributed by atoms with Gasteiger partial charge >= 0.3 is 0 Å². The van der Waals surface area contributed by atoms with Crippen LogP contribution < -0.4 is 5.32 Å². The molecule has 0 spiro atoms. The van der Waals surface area contributed by atoms with Crippen molar-refractivity contribution in [3.05, 3.63) is 35.9 Å². The van der Waals surface area contributed by atoms with E-state index in [0.717, 1.165) is 19.0 Å². The van der Waals surface area contributed by atoms with E-state index in [2.05, 4.69) is 60.7 Å². The summed E-state index contributed by atoms with van der Waals surface area (Å²) >= 11 is 1.95. The zero-order valence-electron chi connectivity index (χ0n) is 13.0. The number of hydrogen-bond acceptors (Lipinski definition) is 3. The maximum atomic E-state index is 3.76. The molecule has 0 saturated carbocycles. The van der Waals surface area contributed by atoms with Crippen LogP contribution in [0.15, 0.2) is 30.3 Å². The Kier molecular flexibility index (Phi) is 6.40. The Balaban J connectivity index is 2.04. The fourth-order valence-corrected chi connectivity index (χ4v) is 3.45. The number of rotatable bonds is 6. The van der Waals surface area contributed by atoms with E-state index < -0.39 is 0 Å². The molecule has 1 N–H and O–H groups in total. The zero-order chi connectivity index (χ0) is 14.4. The third-order valence-corrected chi connectivity index (χ3v) is 5.14. The van der Waals surface area contributed by atoms with Gasteiger partial charge in [0.1, 0.15) is 0 Å². The molecule has 2 nitrogen and oxygen atoms in total. The number of thioether (sulfide) groups is 1. The second-order valence-corrected chi connectivity index (χ2v) is 6.80. The average Bonchev–Trinajstić information content (AvgIpc) is 2.52. The van der Waals surface area contributed by atoms with Crippen molar-refractivity contribution in [2.24, 2.45) is 5.92 Å². The lowest BCUT2D eigenvalue weighted by atomic mass is 9.93. The highest BCUT2D eigenvalue weighted by atomic mass is 32.2. The van der Waals surface area contributed by atoms with Gasteiger partial charge in [0.15, 0.2) is 0 Å². The van der Waals surface area contributed by atoms with Gasteiger partial charge in [-0.05, 0) is 17.7 Å². The van der Waals surface area contributed by atoms with Crippen LogP contribution in [0.4, 0.5) is 0 Å². The second-order valence-electron chi connectivity index (χ2n) is 5.81. The maximum Gasteiger partial charge on any atom is 0.0449 e. The van der Waals surface area contributed by atoms with Gasteiger partial charge in [0, 0.05) is 37.5 Å². The summed E-state index contributed by atoms with van der Waals surface area (Å²) in [5, 5.41) is 3.76. The monoisotopic (exact) mass is 292 g/mol. The molecule has 112 valence electrons. The van der Waals surface area contributed by atoms with Crippen LogP contribution >= 0.6 is 11.8 Å². The van der Waals surface area contributed by atoms with Crippen LogP contribution in [0.2, 0.25) is 0 Å². The van der Waals surface area contributed by atoms with Crippen molar-refractivity contribution < 1.29 is 0 Å². The van der Waals surface area contributed by atoms with E-state index in [9.17, 15) is 0 Å². The Morgan fingerprint density at radius 3 is 2.75 bits per heavy atom. The van der Waals surface area contributed by atoms with Gasteiger partial charge in [0.2, 0.25) is 0 Å². The van der Waals surface area contributed by atoms with Crippen molar-refractivity contribution in [3.8, 4) is 0 Å². The Hall–Kier alpha value is -0.510. The SMILES string of the molecule is CCC(C)C1CNC(c2ccccc2)CN1CCSC. The summed E-state index contributed by atoms with van der Waals surface area (Å²) in [7, 11) is 0. The Labute approximate surface area is 128 Å². The van der Waals surface area contributed by atoms with E-state index in [0.29, 0.717) is 12.1 Å². The first kappa shape index (κ1) is 15.9. The number of benzene rings is 1. The minimum absolute atomic E-state index is 0.485. The zero-order valence-corrected chi connectivity index (χ0v) is 13.8. The molecule has 20 heavy (non-hydrogen) atoms. The first-order valence-corrected chi connectivity index (χ1v) is 9.17. The number of hydrogen-bond donors (Lipinski definition) is 1. The van der Waals surface area contributed by atoms with E-state index in [1.54, 1.807) is 0 Å². The van der Waals surface area contributed by atoms with Gasteiger partial charge in [0.05, 0.1) is 0 Å². The summed E-state index contributed by atoms with van der Waals surface area (Å²) in [4.78, 5) is 2.71. The molecule has 1 aliphatic rings. The molecule has 1 aromatic rings. The van der Waals surface area contributed by atoms with Crippen molar-refractivity contribution in [1.29, 1.82) is 0 Å². The Morgan fingerprint density at radius 1 is 1.35 bits per heavy atom. The average molecular weight is 292 g/mol. The van der Waals surface area contributed by atoms with Gasteiger partial charge in [-0.15, -0.1) is 0 Å². The highest BCUT2D eigenvalue weighted by Crippen LogP contribution is 2.24. The predicted octanol–water partition coefficient (Wildman–Crippen LogP) is 3.41. The van der Waals surface area contributed by atoms with E-state index in [-0.39, 0.29) is 0 Å². The van der Waals surface area contributed by atoms with Crippen LogP contribution in [0.3, 0.4) is 0 Å². The minimum atomic E-state index is 0.485. The van der Waals surface area contributed by atoms with Crippen LogP contribution in [0.5, 0.6) is 0 Å². The normalized spacial score (nSPS) is 25.6. The fourth-order valence-electron chi connectivity index (χ4n) is 3.03. The van der Waals surface area contributed by atoms with E-state index >= 15 is 0 Å². The molecule has 3 unspecified atom stereocenters. The molecule has 1 aliphatic heterocycles. The van der Waals surface area contributed by atoms with E-state index in [1.165, 1.54) is 24.3 Å². The summed E-state index contributed by atoms with van der Waals surface area (Å²) in [5.74, 6) is 2.00.